The molecule has 110 valence electrons. The molecule has 1 unspecified atom stereocenters. The Hall–Kier alpha value is -1.94. The molecular formula is C10H14N4O5S. The van der Waals surface area contributed by atoms with Crippen LogP contribution in [-0.4, -0.2) is 58.4 Å². The number of aromatic nitrogens is 2. The average molecular weight is 302 g/mol. The predicted octanol–water partition coefficient (Wildman–Crippen LogP) is -1.62. The van der Waals surface area contributed by atoms with Gasteiger partial charge in [-0.1, -0.05) is 0 Å². The van der Waals surface area contributed by atoms with E-state index in [1.54, 1.807) is 7.05 Å². The van der Waals surface area contributed by atoms with Gasteiger partial charge in [-0.05, 0) is 0 Å². The van der Waals surface area contributed by atoms with E-state index in [4.69, 9.17) is 5.11 Å². The number of aryl methyl sites for hydroxylation is 1. The number of carbonyl (C=O) groups is 2. The Labute approximate surface area is 115 Å². The molecule has 2 heterocycles. The Morgan fingerprint density at radius 1 is 1.60 bits per heavy atom. The number of imidazole rings is 1. The lowest BCUT2D eigenvalue weighted by atomic mass is 10.1. The van der Waals surface area contributed by atoms with Crippen molar-refractivity contribution in [2.75, 3.05) is 13.1 Å². The van der Waals surface area contributed by atoms with Gasteiger partial charge in [0, 0.05) is 26.3 Å². The van der Waals surface area contributed by atoms with Crippen molar-refractivity contribution in [3.05, 3.63) is 12.5 Å². The topological polar surface area (TPSA) is 122 Å². The van der Waals surface area contributed by atoms with E-state index in [-0.39, 0.29) is 18.1 Å². The van der Waals surface area contributed by atoms with Gasteiger partial charge in [-0.2, -0.15) is 4.31 Å². The third kappa shape index (κ3) is 2.65. The minimum absolute atomic E-state index is 0.0165. The second-order valence-corrected chi connectivity index (χ2v) is 6.24. The number of sulfonamides is 1. The number of amides is 1. The van der Waals surface area contributed by atoms with E-state index in [0.29, 0.717) is 0 Å². The van der Waals surface area contributed by atoms with Crippen molar-refractivity contribution in [2.45, 2.75) is 17.5 Å². The Kier molecular flexibility index (Phi) is 3.77. The third-order valence-electron chi connectivity index (χ3n) is 2.90. The summed E-state index contributed by atoms with van der Waals surface area (Å²) in [5, 5.41) is 11.1. The van der Waals surface area contributed by atoms with Crippen LogP contribution in [0.2, 0.25) is 0 Å². The van der Waals surface area contributed by atoms with Gasteiger partial charge in [-0.15, -0.1) is 0 Å². The maximum Gasteiger partial charge on any atom is 0.305 e. The van der Waals surface area contributed by atoms with Crippen molar-refractivity contribution in [1.82, 2.24) is 19.2 Å². The molecule has 9 nitrogen and oxygen atoms in total. The second-order valence-electron chi connectivity index (χ2n) is 4.40. The van der Waals surface area contributed by atoms with Crippen LogP contribution in [0, 0.1) is 0 Å². The number of hydrogen-bond donors (Lipinski definition) is 2. The van der Waals surface area contributed by atoms with Crippen molar-refractivity contribution in [3.63, 3.8) is 0 Å². The van der Waals surface area contributed by atoms with E-state index >= 15 is 0 Å². The number of carboxylic acids is 1. The zero-order chi connectivity index (χ0) is 14.9. The van der Waals surface area contributed by atoms with E-state index in [0.717, 1.165) is 4.31 Å². The van der Waals surface area contributed by atoms with Crippen LogP contribution in [-0.2, 0) is 26.7 Å². The zero-order valence-corrected chi connectivity index (χ0v) is 11.5. The summed E-state index contributed by atoms with van der Waals surface area (Å²) in [4.78, 5) is 26.3. The smallest absolute Gasteiger partial charge is 0.305 e. The SMILES string of the molecule is Cn1cnc(S(=O)(=O)N2CCNC(=O)C2CC(=O)O)c1. The monoisotopic (exact) mass is 302 g/mol. The largest absolute Gasteiger partial charge is 0.481 e. The fraction of sp³-hybridized carbons (Fsp3) is 0.500. The van der Waals surface area contributed by atoms with E-state index in [2.05, 4.69) is 10.3 Å². The summed E-state index contributed by atoms with van der Waals surface area (Å²) in [7, 11) is -2.38. The average Bonchev–Trinajstić information content (AvgIpc) is 2.78. The van der Waals surface area contributed by atoms with Crippen molar-refractivity contribution in [3.8, 4) is 0 Å². The molecule has 2 rings (SSSR count). The summed E-state index contributed by atoms with van der Waals surface area (Å²) in [6, 6.07) is -1.26. The molecule has 1 aliphatic rings. The molecule has 1 aromatic rings. The number of rotatable bonds is 4. The zero-order valence-electron chi connectivity index (χ0n) is 10.7. The van der Waals surface area contributed by atoms with Gasteiger partial charge >= 0.3 is 5.97 Å². The molecule has 20 heavy (non-hydrogen) atoms. The molecule has 0 spiro atoms. The highest BCUT2D eigenvalue weighted by Gasteiger charge is 2.40. The Balaban J connectivity index is 2.36. The van der Waals surface area contributed by atoms with Gasteiger partial charge < -0.3 is 15.0 Å². The molecule has 0 radical (unpaired) electrons. The lowest BCUT2D eigenvalue weighted by Gasteiger charge is -2.32. The summed E-state index contributed by atoms with van der Waals surface area (Å²) < 4.78 is 27.2. The van der Waals surface area contributed by atoms with Crippen LogP contribution in [0.4, 0.5) is 0 Å². The highest BCUT2D eigenvalue weighted by molar-refractivity contribution is 7.89. The van der Waals surface area contributed by atoms with Crippen LogP contribution in [0.1, 0.15) is 6.42 Å². The molecule has 1 saturated heterocycles. The Bertz CT molecular complexity index is 638. The standard InChI is InChI=1S/C10H14N4O5S/c1-13-5-8(12-6-13)20(18,19)14-3-2-11-10(17)7(14)4-9(15)16/h5-7H,2-4H2,1H3,(H,11,17)(H,15,16). The quantitative estimate of drug-likeness (QED) is 0.689. The van der Waals surface area contributed by atoms with Gasteiger partial charge in [0.1, 0.15) is 6.04 Å². The summed E-state index contributed by atoms with van der Waals surface area (Å²) in [5.41, 5.74) is 0. The maximum absolute atomic E-state index is 12.4. The number of nitrogens with one attached hydrogen (secondary N) is 1. The Morgan fingerprint density at radius 3 is 2.85 bits per heavy atom. The summed E-state index contributed by atoms with van der Waals surface area (Å²) in [6.45, 7) is 0.156. The molecule has 0 aliphatic carbocycles. The molecule has 1 amide bonds. The summed E-state index contributed by atoms with van der Waals surface area (Å²) in [6.07, 6.45) is 2.04. The minimum atomic E-state index is -3.99. The van der Waals surface area contributed by atoms with Gasteiger partial charge in [0.05, 0.1) is 12.7 Å². The number of nitrogens with zero attached hydrogens (tertiary/aromatic N) is 3. The molecule has 2 N–H and O–H groups in total. The van der Waals surface area contributed by atoms with Crippen molar-refractivity contribution >= 4 is 21.9 Å². The minimum Gasteiger partial charge on any atom is -0.481 e. The normalized spacial score (nSPS) is 20.6. The third-order valence-corrected chi connectivity index (χ3v) is 4.70. The number of carbonyl (C=O) groups excluding carboxylic acids is 1. The van der Waals surface area contributed by atoms with Crippen LogP contribution in [0.5, 0.6) is 0 Å². The predicted molar refractivity (Wildman–Crippen MR) is 66.2 cm³/mol. The van der Waals surface area contributed by atoms with E-state index in [1.165, 1.54) is 17.1 Å². The first-order valence-corrected chi connectivity index (χ1v) is 7.25. The molecule has 10 heteroatoms. The number of hydrogen-bond acceptors (Lipinski definition) is 5. The number of piperazine rings is 1. The first-order valence-electron chi connectivity index (χ1n) is 5.81. The highest BCUT2D eigenvalue weighted by Crippen LogP contribution is 2.20. The van der Waals surface area contributed by atoms with E-state index in [9.17, 15) is 18.0 Å². The lowest BCUT2D eigenvalue weighted by molar-refractivity contribution is -0.141. The first-order chi connectivity index (χ1) is 9.32. The van der Waals surface area contributed by atoms with Crippen molar-refractivity contribution in [1.29, 1.82) is 0 Å². The van der Waals surface area contributed by atoms with E-state index in [1.807, 2.05) is 0 Å². The lowest BCUT2D eigenvalue weighted by Crippen LogP contribution is -2.57. The second kappa shape index (κ2) is 5.21. The highest BCUT2D eigenvalue weighted by atomic mass is 32.2. The first kappa shape index (κ1) is 14.5. The summed E-state index contributed by atoms with van der Waals surface area (Å²) in [5.74, 6) is -1.86. The fourth-order valence-corrected chi connectivity index (χ4v) is 3.54. The van der Waals surface area contributed by atoms with Crippen molar-refractivity contribution in [2.24, 2.45) is 7.05 Å². The molecule has 0 aromatic carbocycles. The number of aliphatic carboxylic acids is 1. The molecule has 1 aliphatic heterocycles. The molecule has 1 aromatic heterocycles. The van der Waals surface area contributed by atoms with Crippen LogP contribution in [0.15, 0.2) is 17.6 Å². The van der Waals surface area contributed by atoms with Crippen LogP contribution >= 0.6 is 0 Å². The molecule has 0 bridgehead atoms. The molecule has 0 saturated carbocycles. The summed E-state index contributed by atoms with van der Waals surface area (Å²) >= 11 is 0. The van der Waals surface area contributed by atoms with Crippen LogP contribution < -0.4 is 5.32 Å². The van der Waals surface area contributed by atoms with Gasteiger partial charge in [0.15, 0.2) is 5.03 Å². The van der Waals surface area contributed by atoms with E-state index < -0.39 is 34.4 Å². The Morgan fingerprint density at radius 2 is 2.30 bits per heavy atom. The van der Waals surface area contributed by atoms with Crippen molar-refractivity contribution < 1.29 is 23.1 Å². The number of carboxylic acid groups (broad SMARTS) is 1. The van der Waals surface area contributed by atoms with Crippen LogP contribution in [0.25, 0.3) is 0 Å². The maximum atomic E-state index is 12.4. The molecule has 1 fully saturated rings. The van der Waals surface area contributed by atoms with Gasteiger partial charge in [-0.25, -0.2) is 13.4 Å². The fourth-order valence-electron chi connectivity index (χ4n) is 1.98. The van der Waals surface area contributed by atoms with Gasteiger partial charge in [0.2, 0.25) is 5.91 Å². The molecule has 1 atom stereocenters. The van der Waals surface area contributed by atoms with Gasteiger partial charge in [-0.3, -0.25) is 9.59 Å². The van der Waals surface area contributed by atoms with Gasteiger partial charge in [0.25, 0.3) is 10.0 Å². The molecular weight excluding hydrogens is 288 g/mol. The van der Waals surface area contributed by atoms with Crippen LogP contribution in [0.3, 0.4) is 0 Å².